The summed E-state index contributed by atoms with van der Waals surface area (Å²) in [5, 5.41) is 37.2. The van der Waals surface area contributed by atoms with Gasteiger partial charge in [0.15, 0.2) is 0 Å². The lowest BCUT2D eigenvalue weighted by Gasteiger charge is -2.62. The van der Waals surface area contributed by atoms with E-state index in [-0.39, 0.29) is 54.1 Å². The van der Waals surface area contributed by atoms with Crippen LogP contribution in [0, 0.1) is 60.2 Å². The number of nitrogens with one attached hydrogen (secondary N) is 2. The van der Waals surface area contributed by atoms with Crippen LogP contribution in [-0.4, -0.2) is 51.4 Å². The number of hydrogen-bond acceptors (Lipinski definition) is 5. The van der Waals surface area contributed by atoms with Gasteiger partial charge in [-0.1, -0.05) is 32.9 Å². The minimum absolute atomic E-state index is 0.00274. The van der Waals surface area contributed by atoms with Gasteiger partial charge in [0.25, 0.3) is 0 Å². The van der Waals surface area contributed by atoms with Crippen LogP contribution < -0.4 is 10.6 Å². The van der Waals surface area contributed by atoms with Crippen molar-refractivity contribution in [1.29, 1.82) is 0 Å². The lowest BCUT2D eigenvalue weighted by atomic mass is 9.43. The molecule has 8 heteroatoms. The lowest BCUT2D eigenvalue weighted by Crippen LogP contribution is -2.58. The molecular formula is C37H56N2O6. The Labute approximate surface area is 269 Å². The fourth-order valence-electron chi connectivity index (χ4n) is 10.6. The quantitative estimate of drug-likeness (QED) is 0.217. The molecule has 4 aliphatic carbocycles. The van der Waals surface area contributed by atoms with Gasteiger partial charge < -0.3 is 26.0 Å². The van der Waals surface area contributed by atoms with E-state index in [0.29, 0.717) is 47.6 Å². The third kappa shape index (κ3) is 6.69. The van der Waals surface area contributed by atoms with Crippen LogP contribution in [0.1, 0.15) is 109 Å². The molecule has 0 bridgehead atoms. The molecule has 2 amide bonds. The van der Waals surface area contributed by atoms with Crippen molar-refractivity contribution in [3.8, 4) is 0 Å². The normalized spacial score (nSPS) is 37.0. The van der Waals surface area contributed by atoms with Crippen molar-refractivity contribution in [2.24, 2.45) is 46.3 Å². The van der Waals surface area contributed by atoms with Crippen molar-refractivity contribution in [2.75, 3.05) is 5.32 Å². The first-order valence-corrected chi connectivity index (χ1v) is 17.5. The number of rotatable bonds is 10. The van der Waals surface area contributed by atoms with Crippen molar-refractivity contribution in [1.82, 2.24) is 5.32 Å². The molecule has 4 aliphatic rings. The summed E-state index contributed by atoms with van der Waals surface area (Å²) in [7, 11) is 0. The number of aliphatic carboxylic acids is 1. The number of carbonyl (C=O) groups excluding carboxylic acids is 2. The van der Waals surface area contributed by atoms with Gasteiger partial charge in [0.05, 0.1) is 12.2 Å². The Bertz CT molecular complexity index is 1270. The molecule has 1 aromatic rings. The number of aliphatic hydroxyl groups excluding tert-OH is 2. The van der Waals surface area contributed by atoms with Crippen LogP contribution in [0.25, 0.3) is 0 Å². The highest BCUT2D eigenvalue weighted by Crippen LogP contribution is 2.68. The van der Waals surface area contributed by atoms with Crippen molar-refractivity contribution in [2.45, 2.75) is 130 Å². The predicted octanol–water partition coefficient (Wildman–Crippen LogP) is 6.00. The maximum Gasteiger partial charge on any atom is 0.326 e. The molecule has 0 saturated heterocycles. The molecule has 11 atom stereocenters. The molecule has 4 fully saturated rings. The molecule has 8 nitrogen and oxygen atoms in total. The summed E-state index contributed by atoms with van der Waals surface area (Å²) < 4.78 is 0. The zero-order valence-electron chi connectivity index (χ0n) is 28.0. The van der Waals surface area contributed by atoms with Crippen LogP contribution in [0.15, 0.2) is 18.2 Å². The number of carboxylic acids is 1. The van der Waals surface area contributed by atoms with Gasteiger partial charge in [-0.3, -0.25) is 9.59 Å². The second-order valence-electron chi connectivity index (χ2n) is 15.8. The zero-order chi connectivity index (χ0) is 32.7. The monoisotopic (exact) mass is 624 g/mol. The first kappa shape index (κ1) is 33.9. The maximum absolute atomic E-state index is 13.0. The van der Waals surface area contributed by atoms with E-state index in [0.717, 1.165) is 62.5 Å². The molecule has 0 aromatic heterocycles. The highest BCUT2D eigenvalue weighted by molar-refractivity contribution is 5.92. The first-order valence-electron chi connectivity index (χ1n) is 17.5. The third-order valence-electron chi connectivity index (χ3n) is 13.4. The van der Waals surface area contributed by atoms with E-state index in [1.54, 1.807) is 0 Å². The Morgan fingerprint density at radius 3 is 2.33 bits per heavy atom. The zero-order valence-corrected chi connectivity index (χ0v) is 28.0. The smallest absolute Gasteiger partial charge is 0.326 e. The lowest BCUT2D eigenvalue weighted by molar-refractivity contribution is -0.174. The second-order valence-corrected chi connectivity index (χ2v) is 15.8. The van der Waals surface area contributed by atoms with E-state index in [4.69, 9.17) is 0 Å². The highest BCUT2D eigenvalue weighted by atomic mass is 16.4. The topological polar surface area (TPSA) is 136 Å². The van der Waals surface area contributed by atoms with Gasteiger partial charge in [-0.2, -0.15) is 0 Å². The molecule has 4 saturated carbocycles. The first-order chi connectivity index (χ1) is 21.2. The number of carboxylic acid groups (broad SMARTS) is 1. The summed E-state index contributed by atoms with van der Waals surface area (Å²) in [6.45, 7) is 11.0. The molecule has 45 heavy (non-hydrogen) atoms. The summed E-state index contributed by atoms with van der Waals surface area (Å²) >= 11 is 0. The number of carbonyl (C=O) groups is 3. The molecule has 1 aromatic carbocycles. The number of aliphatic hydroxyl groups is 2. The minimum Gasteiger partial charge on any atom is -0.480 e. The molecule has 250 valence electrons. The van der Waals surface area contributed by atoms with Crippen molar-refractivity contribution in [3.05, 3.63) is 29.3 Å². The summed E-state index contributed by atoms with van der Waals surface area (Å²) in [5.41, 5.74) is 3.08. The van der Waals surface area contributed by atoms with Crippen LogP contribution in [0.2, 0.25) is 0 Å². The Hall–Kier alpha value is -2.45. The van der Waals surface area contributed by atoms with Crippen LogP contribution in [0.5, 0.6) is 0 Å². The fraction of sp³-hybridized carbons (Fsp3) is 0.757. The van der Waals surface area contributed by atoms with Crippen LogP contribution in [0.4, 0.5) is 5.69 Å². The van der Waals surface area contributed by atoms with Gasteiger partial charge >= 0.3 is 5.97 Å². The van der Waals surface area contributed by atoms with E-state index in [1.807, 2.05) is 32.0 Å². The SMILES string of the molecule is Cc1cccc(NC(=O)CC[C@H](NC(=O)CC[C@@H](C)[C@H]2CC[C@H]3[C@@H]4[C@H](O)C[C@@H]5C[C@H](O)CC[C@]5(C)[C@H]4CC[C@]23C)C(=O)O)c1C. The largest absolute Gasteiger partial charge is 0.480 e. The number of hydrogen-bond donors (Lipinski definition) is 5. The molecule has 5 rings (SSSR count). The summed E-state index contributed by atoms with van der Waals surface area (Å²) in [6.07, 6.45) is 8.48. The number of anilines is 1. The molecule has 0 heterocycles. The maximum atomic E-state index is 13.0. The number of fused-ring (bicyclic) bond motifs is 5. The summed E-state index contributed by atoms with van der Waals surface area (Å²) in [6, 6.07) is 4.55. The van der Waals surface area contributed by atoms with Gasteiger partial charge in [0.1, 0.15) is 6.04 Å². The van der Waals surface area contributed by atoms with Crippen LogP contribution in [0.3, 0.4) is 0 Å². The number of benzene rings is 1. The second kappa shape index (κ2) is 13.3. The van der Waals surface area contributed by atoms with Crippen molar-refractivity contribution < 1.29 is 29.7 Å². The molecular weight excluding hydrogens is 568 g/mol. The van der Waals surface area contributed by atoms with Gasteiger partial charge in [0.2, 0.25) is 11.8 Å². The van der Waals surface area contributed by atoms with E-state index < -0.39 is 12.0 Å². The average Bonchev–Trinajstić information content (AvgIpc) is 3.34. The van der Waals surface area contributed by atoms with Crippen LogP contribution >= 0.6 is 0 Å². The Morgan fingerprint density at radius 2 is 1.60 bits per heavy atom. The van der Waals surface area contributed by atoms with E-state index >= 15 is 0 Å². The third-order valence-corrected chi connectivity index (χ3v) is 13.4. The van der Waals surface area contributed by atoms with Gasteiger partial charge in [0, 0.05) is 18.5 Å². The Balaban J connectivity index is 1.13. The van der Waals surface area contributed by atoms with E-state index in [1.165, 1.54) is 0 Å². The average molecular weight is 625 g/mol. The molecule has 0 unspecified atom stereocenters. The van der Waals surface area contributed by atoms with Crippen LogP contribution in [-0.2, 0) is 14.4 Å². The number of aryl methyl sites for hydroxylation is 1. The molecule has 5 N–H and O–H groups in total. The van der Waals surface area contributed by atoms with Gasteiger partial charge in [-0.15, -0.1) is 0 Å². The van der Waals surface area contributed by atoms with Crippen molar-refractivity contribution >= 4 is 23.5 Å². The predicted molar refractivity (Wildman–Crippen MR) is 174 cm³/mol. The van der Waals surface area contributed by atoms with Crippen molar-refractivity contribution in [3.63, 3.8) is 0 Å². The number of amides is 2. The highest BCUT2D eigenvalue weighted by Gasteiger charge is 2.62. The Kier molecular flexibility index (Phi) is 10.1. The fourth-order valence-corrected chi connectivity index (χ4v) is 10.6. The standard InChI is InChI=1S/C37H56N2O6/c1-21-7-6-8-29(23(21)3)38-33(43)14-12-30(35(44)45)39-32(42)13-9-22(2)26-10-11-27-34-28(16-18-37(26,27)5)36(4)17-15-25(40)19-24(36)20-31(34)41/h6-8,22,24-28,30-31,34,40-41H,9-20H2,1-5H3,(H,38,43)(H,39,42)(H,44,45)/t22-,24+,25-,26-,27+,28+,30+,31-,34+,36+,37-/m1/s1. The summed E-state index contributed by atoms with van der Waals surface area (Å²) in [4.78, 5) is 37.5. The minimum atomic E-state index is -1.13. The van der Waals surface area contributed by atoms with E-state index in [2.05, 4.69) is 31.4 Å². The van der Waals surface area contributed by atoms with Gasteiger partial charge in [-0.25, -0.2) is 4.79 Å². The van der Waals surface area contributed by atoms with E-state index in [9.17, 15) is 29.7 Å². The molecule has 0 spiro atoms. The molecule has 0 radical (unpaired) electrons. The molecule has 0 aliphatic heterocycles. The van der Waals surface area contributed by atoms with Gasteiger partial charge in [-0.05, 0) is 142 Å². The Morgan fingerprint density at radius 1 is 0.911 bits per heavy atom. The summed E-state index contributed by atoms with van der Waals surface area (Å²) in [5.74, 6) is 0.777.